The molecule has 10 nitrogen and oxygen atoms in total. The Balaban J connectivity index is 1.82. The summed E-state index contributed by atoms with van der Waals surface area (Å²) in [7, 11) is 4.20. The van der Waals surface area contributed by atoms with Gasteiger partial charge in [0.25, 0.3) is 5.91 Å². The van der Waals surface area contributed by atoms with E-state index in [-0.39, 0.29) is 45.8 Å². The number of halogens is 3. The molecule has 0 aliphatic heterocycles. The van der Waals surface area contributed by atoms with E-state index in [9.17, 15) is 27.9 Å². The van der Waals surface area contributed by atoms with Crippen molar-refractivity contribution in [3.05, 3.63) is 35.5 Å². The first-order chi connectivity index (χ1) is 16.5. The molecule has 0 spiro atoms. The molecule has 1 atom stereocenters. The number of anilines is 3. The van der Waals surface area contributed by atoms with Gasteiger partial charge < -0.3 is 25.8 Å². The molecule has 0 saturated heterocycles. The molecule has 0 bridgehead atoms. The van der Waals surface area contributed by atoms with E-state index < -0.39 is 23.8 Å². The monoisotopic (exact) mass is 492 g/mol. The van der Waals surface area contributed by atoms with Gasteiger partial charge in [-0.1, -0.05) is 6.07 Å². The smallest absolute Gasteiger partial charge is 0.418 e. The largest absolute Gasteiger partial charge is 0.496 e. The number of aryl methyl sites for hydroxylation is 1. The topological polar surface area (TPSA) is 130 Å². The molecule has 0 unspecified atom stereocenters. The molecular formula is C22H23F3N6O4. The number of nitrogens with zero attached hydrogens (tertiary/aromatic N) is 3. The second-order valence-corrected chi connectivity index (χ2v) is 8.08. The van der Waals surface area contributed by atoms with Crippen molar-refractivity contribution in [1.82, 2.24) is 20.1 Å². The summed E-state index contributed by atoms with van der Waals surface area (Å²) in [6.07, 6.45) is -4.84. The van der Waals surface area contributed by atoms with Crippen LogP contribution in [0.1, 0.15) is 34.9 Å². The van der Waals surface area contributed by atoms with Crippen LogP contribution in [0.15, 0.2) is 24.4 Å². The number of ether oxygens (including phenoxy) is 1. The van der Waals surface area contributed by atoms with Crippen molar-refractivity contribution in [3.63, 3.8) is 0 Å². The first kappa shape index (κ1) is 24.3. The van der Waals surface area contributed by atoms with Crippen LogP contribution in [0.4, 0.5) is 30.5 Å². The second kappa shape index (κ2) is 9.06. The highest BCUT2D eigenvalue weighted by Gasteiger charge is 2.41. The number of aromatic nitrogens is 3. The van der Waals surface area contributed by atoms with E-state index in [4.69, 9.17) is 4.74 Å². The zero-order valence-corrected chi connectivity index (χ0v) is 19.0. The summed E-state index contributed by atoms with van der Waals surface area (Å²) in [4.78, 5) is 28.7. The summed E-state index contributed by atoms with van der Waals surface area (Å²) in [5.41, 5.74) is 0.248. The van der Waals surface area contributed by atoms with E-state index in [0.717, 1.165) is 18.9 Å². The van der Waals surface area contributed by atoms with Crippen LogP contribution in [0.3, 0.4) is 0 Å². The molecule has 0 radical (unpaired) electrons. The molecule has 186 valence electrons. The SMILES string of the molecule is CNC(=O)c1cnc(NC(=O)C2CC2)cc1Nc1nn(C)c2ccc([C@H](O)C(F)(F)F)c(OC)c12. The van der Waals surface area contributed by atoms with Gasteiger partial charge in [-0.15, -0.1) is 0 Å². The average molecular weight is 492 g/mol. The molecule has 1 fully saturated rings. The van der Waals surface area contributed by atoms with Gasteiger partial charge in [-0.05, 0) is 18.9 Å². The fraction of sp³-hybridized carbons (Fsp3) is 0.364. The molecule has 3 aromatic rings. The number of carbonyl (C=O) groups excluding carboxylic acids is 2. The molecule has 1 saturated carbocycles. The number of nitrogens with one attached hydrogen (secondary N) is 3. The van der Waals surface area contributed by atoms with Gasteiger partial charge in [0.2, 0.25) is 5.91 Å². The zero-order chi connectivity index (χ0) is 25.5. The fourth-order valence-electron chi connectivity index (χ4n) is 3.68. The quantitative estimate of drug-likeness (QED) is 0.399. The van der Waals surface area contributed by atoms with Crippen LogP contribution >= 0.6 is 0 Å². The number of aliphatic hydroxyl groups is 1. The number of aliphatic hydroxyl groups excluding tert-OH is 1. The first-order valence-corrected chi connectivity index (χ1v) is 10.6. The van der Waals surface area contributed by atoms with Crippen molar-refractivity contribution < 1.29 is 32.6 Å². The van der Waals surface area contributed by atoms with Gasteiger partial charge in [-0.25, -0.2) is 4.98 Å². The van der Waals surface area contributed by atoms with Crippen LogP contribution in [0.2, 0.25) is 0 Å². The highest BCUT2D eigenvalue weighted by Crippen LogP contribution is 2.43. The summed E-state index contributed by atoms with van der Waals surface area (Å²) in [6.45, 7) is 0. The zero-order valence-electron chi connectivity index (χ0n) is 19.0. The van der Waals surface area contributed by atoms with Crippen LogP contribution in [0.25, 0.3) is 10.9 Å². The Hall–Kier alpha value is -3.87. The Morgan fingerprint density at radius 1 is 1.29 bits per heavy atom. The van der Waals surface area contributed by atoms with Gasteiger partial charge in [-0.2, -0.15) is 18.3 Å². The third kappa shape index (κ3) is 4.71. The molecule has 4 N–H and O–H groups in total. The lowest BCUT2D eigenvalue weighted by atomic mass is 10.0. The second-order valence-electron chi connectivity index (χ2n) is 8.08. The van der Waals surface area contributed by atoms with Crippen molar-refractivity contribution in [3.8, 4) is 5.75 Å². The van der Waals surface area contributed by atoms with E-state index in [1.54, 1.807) is 7.05 Å². The molecule has 4 rings (SSSR count). The maximum Gasteiger partial charge on any atom is 0.418 e. The van der Waals surface area contributed by atoms with E-state index in [1.165, 1.54) is 37.2 Å². The number of rotatable bonds is 7. The molecule has 13 heteroatoms. The van der Waals surface area contributed by atoms with Gasteiger partial charge in [0, 0.05) is 37.8 Å². The summed E-state index contributed by atoms with van der Waals surface area (Å²) >= 11 is 0. The number of amides is 2. The van der Waals surface area contributed by atoms with Crippen LogP contribution in [-0.4, -0.2) is 52.0 Å². The molecular weight excluding hydrogens is 469 g/mol. The third-order valence-electron chi connectivity index (χ3n) is 5.64. The summed E-state index contributed by atoms with van der Waals surface area (Å²) in [5, 5.41) is 22.5. The minimum atomic E-state index is -4.91. The number of carbonyl (C=O) groups is 2. The Bertz CT molecular complexity index is 1300. The van der Waals surface area contributed by atoms with Crippen LogP contribution in [0.5, 0.6) is 5.75 Å². The summed E-state index contributed by atoms with van der Waals surface area (Å²) in [6, 6.07) is 3.94. The van der Waals surface area contributed by atoms with Crippen LogP contribution in [0, 0.1) is 5.92 Å². The minimum Gasteiger partial charge on any atom is -0.496 e. The predicted molar refractivity (Wildman–Crippen MR) is 121 cm³/mol. The van der Waals surface area contributed by atoms with Crippen molar-refractivity contribution in [2.24, 2.45) is 13.0 Å². The van der Waals surface area contributed by atoms with Crippen molar-refractivity contribution in [1.29, 1.82) is 0 Å². The first-order valence-electron chi connectivity index (χ1n) is 10.6. The number of alkyl halides is 3. The van der Waals surface area contributed by atoms with E-state index in [1.807, 2.05) is 0 Å². The highest BCUT2D eigenvalue weighted by molar-refractivity contribution is 6.04. The maximum absolute atomic E-state index is 13.3. The number of fused-ring (bicyclic) bond motifs is 1. The van der Waals surface area contributed by atoms with Crippen molar-refractivity contribution >= 4 is 40.0 Å². The van der Waals surface area contributed by atoms with E-state index in [2.05, 4.69) is 26.0 Å². The summed E-state index contributed by atoms with van der Waals surface area (Å²) in [5.74, 6) is -0.703. The molecule has 1 aliphatic carbocycles. The molecule has 2 heterocycles. The molecule has 1 aromatic carbocycles. The third-order valence-corrected chi connectivity index (χ3v) is 5.64. The maximum atomic E-state index is 13.3. The minimum absolute atomic E-state index is 0.0747. The molecule has 2 amide bonds. The van der Waals surface area contributed by atoms with Gasteiger partial charge >= 0.3 is 6.18 Å². The lowest BCUT2D eigenvalue weighted by molar-refractivity contribution is -0.207. The van der Waals surface area contributed by atoms with Gasteiger partial charge in [0.1, 0.15) is 11.6 Å². The van der Waals surface area contributed by atoms with E-state index in [0.29, 0.717) is 5.52 Å². The number of hydrogen-bond donors (Lipinski definition) is 4. The van der Waals surface area contributed by atoms with Crippen LogP contribution < -0.4 is 20.7 Å². The Labute approximate surface area is 197 Å². The molecule has 35 heavy (non-hydrogen) atoms. The number of methoxy groups -OCH3 is 1. The van der Waals surface area contributed by atoms with Gasteiger partial charge in [-0.3, -0.25) is 14.3 Å². The normalized spacial score (nSPS) is 14.5. The van der Waals surface area contributed by atoms with Crippen molar-refractivity contribution in [2.75, 3.05) is 24.8 Å². The fourth-order valence-corrected chi connectivity index (χ4v) is 3.68. The Morgan fingerprint density at radius 2 is 2.00 bits per heavy atom. The highest BCUT2D eigenvalue weighted by atomic mass is 19.4. The summed E-state index contributed by atoms with van der Waals surface area (Å²) < 4.78 is 46.5. The number of pyridine rings is 1. The molecule has 1 aliphatic rings. The van der Waals surface area contributed by atoms with Gasteiger partial charge in [0.15, 0.2) is 11.9 Å². The number of benzene rings is 1. The van der Waals surface area contributed by atoms with Crippen LogP contribution in [-0.2, 0) is 11.8 Å². The average Bonchev–Trinajstić information content (AvgIpc) is 3.62. The van der Waals surface area contributed by atoms with Gasteiger partial charge in [0.05, 0.1) is 29.3 Å². The predicted octanol–water partition coefficient (Wildman–Crippen LogP) is 3.02. The number of hydrogen-bond acceptors (Lipinski definition) is 7. The Morgan fingerprint density at radius 3 is 2.60 bits per heavy atom. The van der Waals surface area contributed by atoms with Crippen molar-refractivity contribution in [2.45, 2.75) is 25.1 Å². The lowest BCUT2D eigenvalue weighted by Gasteiger charge is -2.18. The Kier molecular flexibility index (Phi) is 6.28. The lowest BCUT2D eigenvalue weighted by Crippen LogP contribution is -2.21. The standard InChI is InChI=1S/C22H23F3N6O4/c1-26-21(34)12-9-27-15(29-20(33)10-4-5-10)8-13(12)28-19-16-14(31(2)30-19)7-6-11(17(16)35-3)18(32)22(23,24)25/h6-10,18,32H,4-5H2,1-3H3,(H,26,34)(H2,27,28,29,30,33)/t18-/m0/s1. The molecule has 2 aromatic heterocycles. The van der Waals surface area contributed by atoms with E-state index >= 15 is 0 Å².